The molecule has 0 saturated heterocycles. The molecule has 0 aromatic heterocycles. The summed E-state index contributed by atoms with van der Waals surface area (Å²) in [6, 6.07) is 0. The third-order valence-electron chi connectivity index (χ3n) is 3.78. The van der Waals surface area contributed by atoms with E-state index in [0.717, 1.165) is 0 Å². The van der Waals surface area contributed by atoms with Gasteiger partial charge in [0, 0.05) is 0 Å². The number of carbonyl (C=O) groups is 2. The van der Waals surface area contributed by atoms with E-state index in [1.54, 1.807) is 0 Å². The van der Waals surface area contributed by atoms with E-state index in [-0.39, 0.29) is 0 Å². The van der Waals surface area contributed by atoms with Crippen molar-refractivity contribution in [1.82, 2.24) is 0 Å². The van der Waals surface area contributed by atoms with Crippen LogP contribution >= 0.6 is 69.6 Å². The molecule has 26 heteroatoms. The van der Waals surface area contributed by atoms with Gasteiger partial charge in [0.1, 0.15) is 0 Å². The van der Waals surface area contributed by atoms with E-state index in [9.17, 15) is 79.8 Å². The summed E-state index contributed by atoms with van der Waals surface area (Å²) in [7, 11) is 0. The van der Waals surface area contributed by atoms with Gasteiger partial charge < -0.3 is 0 Å². The Bertz CT molecular complexity index is 855. The SMILES string of the molecule is O=C(OOC(=O)C(F)(F)C(F)(Cl)C(F)(F)C(F)(Cl)C(F)(F)Cl)C(F)(F)C(F)(Cl)C(F)(F)C(F)(Cl)C(F)(F)Cl. The fourth-order valence-electron chi connectivity index (χ4n) is 1.58. The molecule has 38 heavy (non-hydrogen) atoms. The minimum absolute atomic E-state index is 2.36. The molecule has 0 amide bonds. The second-order valence-corrected chi connectivity index (χ2v) is 9.36. The Kier molecular flexibility index (Phi) is 10.0. The molecule has 0 bridgehead atoms. The highest BCUT2D eigenvalue weighted by Gasteiger charge is 2.87. The van der Waals surface area contributed by atoms with E-state index in [2.05, 4.69) is 79.4 Å². The Morgan fingerprint density at radius 3 is 0.737 bits per heavy atom. The van der Waals surface area contributed by atoms with Crippen LogP contribution in [0.25, 0.3) is 0 Å². The lowest BCUT2D eigenvalue weighted by Gasteiger charge is -2.39. The Hall–Kier alpha value is -0.440. The Morgan fingerprint density at radius 2 is 0.579 bits per heavy atom. The molecule has 0 aliphatic rings. The molecule has 0 aromatic rings. The van der Waals surface area contributed by atoms with Gasteiger partial charge in [0.2, 0.25) is 0 Å². The maximum Gasteiger partial charge on any atom is 0.429 e. The van der Waals surface area contributed by atoms with Crippen molar-refractivity contribution in [3.05, 3.63) is 0 Å². The van der Waals surface area contributed by atoms with Crippen molar-refractivity contribution in [3.8, 4) is 0 Å². The van der Waals surface area contributed by atoms with Crippen LogP contribution in [0.15, 0.2) is 0 Å². The standard InChI is InChI=1S/C12Cl6F16O4/c13-5(23,9(27,28)7(15,25)11(17,31)32)3(19,20)1(35)37-38-2(36)4(21,22)6(14,24)10(29,30)8(16,26)12(18,33)34. The van der Waals surface area contributed by atoms with E-state index in [0.29, 0.717) is 0 Å². The molecule has 0 fully saturated rings. The second kappa shape index (κ2) is 10.1. The average Bonchev–Trinajstić information content (AvgIpc) is 2.68. The summed E-state index contributed by atoms with van der Waals surface area (Å²) in [5.74, 6) is -36.9. The van der Waals surface area contributed by atoms with Crippen molar-refractivity contribution in [2.24, 2.45) is 0 Å². The van der Waals surface area contributed by atoms with Crippen LogP contribution in [0.1, 0.15) is 0 Å². The lowest BCUT2D eigenvalue weighted by Crippen LogP contribution is -2.67. The summed E-state index contributed by atoms with van der Waals surface area (Å²) in [5, 5.41) is -38.8. The Labute approximate surface area is 226 Å². The largest absolute Gasteiger partial charge is 0.429 e. The molecule has 4 unspecified atom stereocenters. The number of carbonyl (C=O) groups excluding carboxylic acids is 2. The zero-order chi connectivity index (χ0) is 31.6. The van der Waals surface area contributed by atoms with Crippen LogP contribution < -0.4 is 0 Å². The molecule has 0 aliphatic carbocycles. The zero-order valence-electron chi connectivity index (χ0n) is 15.9. The predicted octanol–water partition coefficient (Wildman–Crippen LogP) is 7.81. The molecular formula is C12Cl6F16O4. The van der Waals surface area contributed by atoms with Crippen LogP contribution in [-0.4, -0.2) is 66.9 Å². The first kappa shape index (κ1) is 37.6. The van der Waals surface area contributed by atoms with E-state index < -0.39 is 66.9 Å². The third-order valence-corrected chi connectivity index (χ3v) is 6.40. The molecule has 0 aliphatic heterocycles. The first-order chi connectivity index (χ1) is 16.0. The van der Waals surface area contributed by atoms with Gasteiger partial charge in [0.05, 0.1) is 0 Å². The molecule has 0 rings (SSSR count). The molecule has 0 N–H and O–H groups in total. The molecule has 4 atom stereocenters. The second-order valence-electron chi connectivity index (χ2n) is 6.33. The normalized spacial score (nSPS) is 20.9. The van der Waals surface area contributed by atoms with Crippen LogP contribution in [0.3, 0.4) is 0 Å². The number of hydrogen-bond donors (Lipinski definition) is 0. The van der Waals surface area contributed by atoms with E-state index in [4.69, 9.17) is 0 Å². The van der Waals surface area contributed by atoms with Gasteiger partial charge in [-0.25, -0.2) is 36.9 Å². The van der Waals surface area contributed by atoms with Crippen LogP contribution in [0.5, 0.6) is 0 Å². The summed E-state index contributed by atoms with van der Waals surface area (Å²) in [4.78, 5) is 26.9. The van der Waals surface area contributed by atoms with Gasteiger partial charge in [-0.2, -0.15) is 52.7 Å². The highest BCUT2D eigenvalue weighted by atomic mass is 35.5. The summed E-state index contributed by atoms with van der Waals surface area (Å²) in [6.45, 7) is 0. The molecule has 4 nitrogen and oxygen atoms in total. The molecular weight excluding hydrogens is 725 g/mol. The number of hydrogen-bond acceptors (Lipinski definition) is 4. The van der Waals surface area contributed by atoms with Crippen molar-refractivity contribution in [2.75, 3.05) is 0 Å². The quantitative estimate of drug-likeness (QED) is 0.0999. The van der Waals surface area contributed by atoms with Crippen molar-refractivity contribution < 1.29 is 89.6 Å². The van der Waals surface area contributed by atoms with Crippen LogP contribution in [0.2, 0.25) is 0 Å². The number of halogens is 22. The lowest BCUT2D eigenvalue weighted by molar-refractivity contribution is -0.317. The Morgan fingerprint density at radius 1 is 0.395 bits per heavy atom. The number of alkyl halides is 22. The Balaban J connectivity index is 6.17. The fraction of sp³-hybridized carbons (Fsp3) is 0.833. The fourth-order valence-corrected chi connectivity index (χ4v) is 2.59. The van der Waals surface area contributed by atoms with Gasteiger partial charge in [-0.3, -0.25) is 0 Å². The van der Waals surface area contributed by atoms with Crippen molar-refractivity contribution in [2.45, 2.75) is 55.0 Å². The van der Waals surface area contributed by atoms with Crippen LogP contribution in [0, 0.1) is 0 Å². The van der Waals surface area contributed by atoms with Gasteiger partial charge >= 0.3 is 66.9 Å². The van der Waals surface area contributed by atoms with Crippen LogP contribution in [-0.2, 0) is 19.4 Å². The summed E-state index contributed by atoms with van der Waals surface area (Å²) in [6.07, 6.45) is 0. The van der Waals surface area contributed by atoms with Crippen molar-refractivity contribution in [3.63, 3.8) is 0 Å². The van der Waals surface area contributed by atoms with E-state index >= 15 is 0 Å². The summed E-state index contributed by atoms with van der Waals surface area (Å²) < 4.78 is 215. The smallest absolute Gasteiger partial charge is 0.240 e. The van der Waals surface area contributed by atoms with E-state index in [1.807, 2.05) is 0 Å². The first-order valence-electron chi connectivity index (χ1n) is 7.64. The zero-order valence-corrected chi connectivity index (χ0v) is 20.5. The first-order valence-corrected chi connectivity index (χ1v) is 9.91. The number of rotatable bonds is 10. The maximum atomic E-state index is 13.9. The van der Waals surface area contributed by atoms with Gasteiger partial charge in [-0.1, -0.05) is 46.4 Å². The van der Waals surface area contributed by atoms with E-state index in [1.165, 1.54) is 0 Å². The highest BCUT2D eigenvalue weighted by Crippen LogP contribution is 2.61. The lowest BCUT2D eigenvalue weighted by atomic mass is 10.0. The van der Waals surface area contributed by atoms with Crippen molar-refractivity contribution in [1.29, 1.82) is 0 Å². The minimum Gasteiger partial charge on any atom is -0.240 e. The van der Waals surface area contributed by atoms with Gasteiger partial charge in [-0.05, 0) is 23.2 Å². The van der Waals surface area contributed by atoms with Crippen LogP contribution in [0.4, 0.5) is 70.2 Å². The van der Waals surface area contributed by atoms with Gasteiger partial charge in [0.25, 0.3) is 0 Å². The maximum absolute atomic E-state index is 13.9. The summed E-state index contributed by atoms with van der Waals surface area (Å²) in [5.41, 5.74) is 0. The topological polar surface area (TPSA) is 52.6 Å². The van der Waals surface area contributed by atoms with Gasteiger partial charge in [-0.15, -0.1) is 0 Å². The monoisotopic (exact) mass is 722 g/mol. The predicted molar refractivity (Wildman–Crippen MR) is 92.3 cm³/mol. The van der Waals surface area contributed by atoms with Crippen molar-refractivity contribution >= 4 is 81.5 Å². The molecule has 0 aromatic carbocycles. The third kappa shape index (κ3) is 5.42. The highest BCUT2D eigenvalue weighted by molar-refractivity contribution is 6.35. The average molecular weight is 725 g/mol. The van der Waals surface area contributed by atoms with Gasteiger partial charge in [0.15, 0.2) is 0 Å². The molecule has 226 valence electrons. The molecule has 0 radical (unpaired) electrons. The molecule has 0 spiro atoms. The molecule has 0 saturated carbocycles. The minimum atomic E-state index is -7.17. The molecule has 0 heterocycles. The summed E-state index contributed by atoms with van der Waals surface area (Å²) >= 11 is 23.3.